The fourth-order valence-electron chi connectivity index (χ4n) is 1.90. The van der Waals surface area contributed by atoms with Crippen LogP contribution in [0.5, 0.6) is 11.5 Å². The second-order valence-corrected chi connectivity index (χ2v) is 6.36. The van der Waals surface area contributed by atoms with E-state index in [4.69, 9.17) is 8.71 Å². The summed E-state index contributed by atoms with van der Waals surface area (Å²) in [6.07, 6.45) is 0.976. The number of hydrogen-bond acceptors (Lipinski definition) is 7. The van der Waals surface area contributed by atoms with Gasteiger partial charge >= 0.3 is 10.1 Å². The molecule has 3 rings (SSSR count). The Bertz CT molecular complexity index is 915. The Balaban J connectivity index is 1.84. The zero-order valence-corrected chi connectivity index (χ0v) is 12.8. The molecule has 0 saturated heterocycles. The Morgan fingerprint density at radius 2 is 1.61 bits per heavy atom. The van der Waals surface area contributed by atoms with Crippen molar-refractivity contribution in [1.82, 2.24) is 10.1 Å². The molecule has 3 aromatic rings. The van der Waals surface area contributed by atoms with Gasteiger partial charge in [0.15, 0.2) is 0 Å². The summed E-state index contributed by atoms with van der Waals surface area (Å²) < 4.78 is 32.1. The van der Waals surface area contributed by atoms with Crippen LogP contribution in [0.3, 0.4) is 0 Å². The standard InChI is InChI=1S/C15H12N2O5S/c1-23(19,20)22-13-8-4-10(5-9-13)14-16-15(21-17-14)11-2-6-12(18)7-3-11/h2-9,18H,1H3. The third-order valence-corrected chi connectivity index (χ3v) is 3.40. The van der Waals surface area contributed by atoms with Crippen LogP contribution in [-0.4, -0.2) is 29.9 Å². The molecule has 0 aliphatic carbocycles. The predicted octanol–water partition coefficient (Wildman–Crippen LogP) is 2.45. The molecule has 1 N–H and O–H groups in total. The Morgan fingerprint density at radius 1 is 1.00 bits per heavy atom. The molecule has 0 aliphatic rings. The van der Waals surface area contributed by atoms with Gasteiger partial charge in [-0.2, -0.15) is 13.4 Å². The molecule has 118 valence electrons. The van der Waals surface area contributed by atoms with Gasteiger partial charge in [-0.15, -0.1) is 0 Å². The Morgan fingerprint density at radius 3 is 2.22 bits per heavy atom. The maximum absolute atomic E-state index is 11.1. The van der Waals surface area contributed by atoms with E-state index in [2.05, 4.69) is 10.1 Å². The smallest absolute Gasteiger partial charge is 0.306 e. The molecule has 1 heterocycles. The molecular weight excluding hydrogens is 320 g/mol. The summed E-state index contributed by atoms with van der Waals surface area (Å²) >= 11 is 0. The van der Waals surface area contributed by atoms with Gasteiger partial charge in [0.2, 0.25) is 5.82 Å². The maximum Gasteiger partial charge on any atom is 0.306 e. The van der Waals surface area contributed by atoms with Crippen LogP contribution >= 0.6 is 0 Å². The van der Waals surface area contributed by atoms with Gasteiger partial charge in [0, 0.05) is 11.1 Å². The van der Waals surface area contributed by atoms with Gasteiger partial charge in [0.25, 0.3) is 5.89 Å². The first-order valence-electron chi connectivity index (χ1n) is 6.54. The van der Waals surface area contributed by atoms with E-state index in [0.717, 1.165) is 6.26 Å². The van der Waals surface area contributed by atoms with Crippen LogP contribution in [0.4, 0.5) is 0 Å². The summed E-state index contributed by atoms with van der Waals surface area (Å²) in [5, 5.41) is 13.2. The van der Waals surface area contributed by atoms with Crippen molar-refractivity contribution in [3.05, 3.63) is 48.5 Å². The lowest BCUT2D eigenvalue weighted by Crippen LogP contribution is -2.05. The average molecular weight is 332 g/mol. The molecule has 0 amide bonds. The molecular formula is C15H12N2O5S. The zero-order chi connectivity index (χ0) is 16.4. The van der Waals surface area contributed by atoms with Crippen molar-refractivity contribution >= 4 is 10.1 Å². The topological polar surface area (TPSA) is 103 Å². The molecule has 7 nitrogen and oxygen atoms in total. The van der Waals surface area contributed by atoms with E-state index >= 15 is 0 Å². The van der Waals surface area contributed by atoms with E-state index in [-0.39, 0.29) is 11.5 Å². The van der Waals surface area contributed by atoms with Gasteiger partial charge in [-0.3, -0.25) is 0 Å². The highest BCUT2D eigenvalue weighted by Gasteiger charge is 2.11. The number of phenolic OH excluding ortho intramolecular Hbond substituents is 1. The Kier molecular flexibility index (Phi) is 3.75. The molecule has 1 aromatic heterocycles. The van der Waals surface area contributed by atoms with E-state index in [1.165, 1.54) is 24.3 Å². The fourth-order valence-corrected chi connectivity index (χ4v) is 2.36. The van der Waals surface area contributed by atoms with E-state index < -0.39 is 10.1 Å². The number of nitrogens with zero attached hydrogens (tertiary/aromatic N) is 2. The summed E-state index contributed by atoms with van der Waals surface area (Å²) in [5.74, 6) is 1.03. The maximum atomic E-state index is 11.1. The zero-order valence-electron chi connectivity index (χ0n) is 12.0. The van der Waals surface area contributed by atoms with Gasteiger partial charge < -0.3 is 13.8 Å². The minimum Gasteiger partial charge on any atom is -0.508 e. The first-order valence-corrected chi connectivity index (χ1v) is 8.35. The molecule has 0 unspecified atom stereocenters. The number of aromatic nitrogens is 2. The van der Waals surface area contributed by atoms with E-state index in [1.54, 1.807) is 24.3 Å². The van der Waals surface area contributed by atoms with Gasteiger partial charge in [0.05, 0.1) is 6.26 Å². The van der Waals surface area contributed by atoms with Gasteiger partial charge in [-0.05, 0) is 48.5 Å². The highest BCUT2D eigenvalue weighted by atomic mass is 32.2. The van der Waals surface area contributed by atoms with Gasteiger partial charge in [-0.25, -0.2) is 0 Å². The molecule has 0 spiro atoms. The van der Waals surface area contributed by atoms with Crippen molar-refractivity contribution in [2.45, 2.75) is 0 Å². The first-order chi connectivity index (χ1) is 10.9. The van der Waals surface area contributed by atoms with Crippen LogP contribution in [-0.2, 0) is 10.1 Å². The molecule has 2 aromatic carbocycles. The average Bonchev–Trinajstić information content (AvgIpc) is 2.97. The lowest BCUT2D eigenvalue weighted by molar-refractivity contribution is 0.432. The van der Waals surface area contributed by atoms with Crippen molar-refractivity contribution in [1.29, 1.82) is 0 Å². The fraction of sp³-hybridized carbons (Fsp3) is 0.0667. The van der Waals surface area contributed by atoms with Crippen LogP contribution < -0.4 is 4.18 Å². The van der Waals surface area contributed by atoms with E-state index in [1.807, 2.05) is 0 Å². The Labute approximate surface area is 132 Å². The quantitative estimate of drug-likeness (QED) is 0.732. The molecule has 23 heavy (non-hydrogen) atoms. The number of benzene rings is 2. The highest BCUT2D eigenvalue weighted by Crippen LogP contribution is 2.25. The van der Waals surface area contributed by atoms with Crippen molar-refractivity contribution < 1.29 is 22.2 Å². The number of rotatable bonds is 4. The van der Waals surface area contributed by atoms with Crippen LogP contribution in [0.25, 0.3) is 22.8 Å². The summed E-state index contributed by atoms with van der Waals surface area (Å²) in [4.78, 5) is 4.27. The number of aromatic hydroxyl groups is 1. The second-order valence-electron chi connectivity index (χ2n) is 4.78. The molecule has 0 fully saturated rings. The van der Waals surface area contributed by atoms with Crippen molar-refractivity contribution in [3.8, 4) is 34.3 Å². The lowest BCUT2D eigenvalue weighted by Gasteiger charge is -2.02. The molecule has 0 saturated carbocycles. The number of phenols is 1. The molecule has 8 heteroatoms. The third kappa shape index (κ3) is 3.67. The number of hydrogen-bond donors (Lipinski definition) is 1. The minimum absolute atomic E-state index is 0.148. The SMILES string of the molecule is CS(=O)(=O)Oc1ccc(-c2noc(-c3ccc(O)cc3)n2)cc1. The summed E-state index contributed by atoms with van der Waals surface area (Å²) in [5.41, 5.74) is 1.33. The Hall–Kier alpha value is -2.87. The van der Waals surface area contributed by atoms with E-state index in [9.17, 15) is 13.5 Å². The molecule has 0 radical (unpaired) electrons. The van der Waals surface area contributed by atoms with Gasteiger partial charge in [-0.1, -0.05) is 5.16 Å². The normalized spacial score (nSPS) is 11.3. The third-order valence-electron chi connectivity index (χ3n) is 2.90. The van der Waals surface area contributed by atoms with Crippen LogP contribution in [0.15, 0.2) is 53.1 Å². The molecule has 0 aliphatic heterocycles. The van der Waals surface area contributed by atoms with Crippen LogP contribution in [0.2, 0.25) is 0 Å². The summed E-state index contributed by atoms with van der Waals surface area (Å²) in [6, 6.07) is 12.6. The molecule has 0 bridgehead atoms. The van der Waals surface area contributed by atoms with E-state index in [0.29, 0.717) is 22.8 Å². The minimum atomic E-state index is -3.56. The van der Waals surface area contributed by atoms with Crippen molar-refractivity contribution in [2.24, 2.45) is 0 Å². The monoisotopic (exact) mass is 332 g/mol. The summed E-state index contributed by atoms with van der Waals surface area (Å²) in [7, 11) is -3.56. The highest BCUT2D eigenvalue weighted by molar-refractivity contribution is 7.86. The summed E-state index contributed by atoms with van der Waals surface area (Å²) in [6.45, 7) is 0. The second kappa shape index (κ2) is 5.73. The lowest BCUT2D eigenvalue weighted by atomic mass is 10.2. The van der Waals surface area contributed by atoms with Crippen LogP contribution in [0, 0.1) is 0 Å². The predicted molar refractivity (Wildman–Crippen MR) is 82.3 cm³/mol. The van der Waals surface area contributed by atoms with Crippen molar-refractivity contribution in [3.63, 3.8) is 0 Å². The van der Waals surface area contributed by atoms with Gasteiger partial charge in [0.1, 0.15) is 11.5 Å². The van der Waals surface area contributed by atoms with Crippen molar-refractivity contribution in [2.75, 3.05) is 6.26 Å². The first kappa shape index (κ1) is 15.0. The molecule has 0 atom stereocenters. The largest absolute Gasteiger partial charge is 0.508 e. The van der Waals surface area contributed by atoms with Crippen LogP contribution in [0.1, 0.15) is 0 Å².